The van der Waals surface area contributed by atoms with Crippen molar-refractivity contribution in [2.45, 2.75) is 44.8 Å². The summed E-state index contributed by atoms with van der Waals surface area (Å²) in [6, 6.07) is 12.5. The lowest BCUT2D eigenvalue weighted by molar-refractivity contribution is 0.0701. The summed E-state index contributed by atoms with van der Waals surface area (Å²) in [5.41, 5.74) is 11.8. The standard InChI is InChI=1S/C27H32N6O2/c1-4-19-8-5-16-14-23(32(11-12-35-3)25(16)29-19)26-30-20-13-17(6-9-21(20)31(26)2)27(34)33-15-18-7-10-22(33)24(18)28/h5-6,8-9,13-14,18,22,24H,4,7,10-12,15,28H2,1-3H3/t18-,22-,24-/m1/s1. The van der Waals surface area contributed by atoms with Gasteiger partial charge in [0.15, 0.2) is 5.82 Å². The number of carbonyl (C=O) groups excluding carboxylic acids is 1. The number of hydrogen-bond acceptors (Lipinski definition) is 5. The number of nitrogens with two attached hydrogens (primary N) is 1. The van der Waals surface area contributed by atoms with Gasteiger partial charge in [0.1, 0.15) is 5.65 Å². The van der Waals surface area contributed by atoms with Crippen molar-refractivity contribution in [1.82, 2.24) is 24.0 Å². The quantitative estimate of drug-likeness (QED) is 0.465. The summed E-state index contributed by atoms with van der Waals surface area (Å²) in [5, 5.41) is 1.08. The third-order valence-electron chi connectivity index (χ3n) is 7.95. The van der Waals surface area contributed by atoms with Gasteiger partial charge >= 0.3 is 0 Å². The Morgan fingerprint density at radius 3 is 2.74 bits per heavy atom. The fraction of sp³-hybridized carbons (Fsp3) is 0.444. The minimum atomic E-state index is 0.0623. The van der Waals surface area contributed by atoms with Gasteiger partial charge < -0.3 is 24.5 Å². The monoisotopic (exact) mass is 472 g/mol. The molecule has 8 heteroatoms. The van der Waals surface area contributed by atoms with Gasteiger partial charge in [0.25, 0.3) is 5.91 Å². The van der Waals surface area contributed by atoms with E-state index in [9.17, 15) is 4.79 Å². The van der Waals surface area contributed by atoms with Gasteiger partial charge in [0.2, 0.25) is 0 Å². The highest BCUT2D eigenvalue weighted by atomic mass is 16.5. The zero-order valence-electron chi connectivity index (χ0n) is 20.6. The molecule has 35 heavy (non-hydrogen) atoms. The Bertz CT molecular complexity index is 1440. The Kier molecular flexibility index (Phi) is 5.38. The van der Waals surface area contributed by atoms with Crippen LogP contribution >= 0.6 is 0 Å². The molecule has 2 fully saturated rings. The van der Waals surface area contributed by atoms with Gasteiger partial charge in [0, 0.05) is 56.0 Å². The van der Waals surface area contributed by atoms with Gasteiger partial charge in [-0.1, -0.05) is 6.92 Å². The third-order valence-corrected chi connectivity index (χ3v) is 7.95. The molecule has 3 atom stereocenters. The molecule has 0 unspecified atom stereocenters. The molecule has 1 aromatic carbocycles. The number of benzene rings is 1. The van der Waals surface area contributed by atoms with Crippen LogP contribution in [0.2, 0.25) is 0 Å². The second kappa shape index (κ2) is 8.46. The van der Waals surface area contributed by atoms with Gasteiger partial charge in [0.05, 0.1) is 23.3 Å². The summed E-state index contributed by atoms with van der Waals surface area (Å²) in [5.74, 6) is 1.34. The first-order chi connectivity index (χ1) is 17.0. The van der Waals surface area contributed by atoms with E-state index >= 15 is 0 Å². The van der Waals surface area contributed by atoms with Crippen molar-refractivity contribution in [2.75, 3.05) is 20.3 Å². The Morgan fingerprint density at radius 2 is 2.03 bits per heavy atom. The van der Waals surface area contributed by atoms with Crippen LogP contribution in [0.3, 0.4) is 0 Å². The lowest BCUT2D eigenvalue weighted by Crippen LogP contribution is -2.41. The van der Waals surface area contributed by atoms with Crippen LogP contribution in [0.15, 0.2) is 36.4 Å². The van der Waals surface area contributed by atoms with Crippen molar-refractivity contribution in [1.29, 1.82) is 0 Å². The highest BCUT2D eigenvalue weighted by molar-refractivity contribution is 5.98. The van der Waals surface area contributed by atoms with E-state index in [0.29, 0.717) is 24.6 Å². The normalized spacial score (nSPS) is 21.6. The maximum absolute atomic E-state index is 13.3. The molecule has 6 rings (SSSR count). The molecule has 4 heterocycles. The van der Waals surface area contributed by atoms with Crippen LogP contribution in [0.25, 0.3) is 33.6 Å². The third kappa shape index (κ3) is 3.46. The molecular weight excluding hydrogens is 440 g/mol. The highest BCUT2D eigenvalue weighted by Crippen LogP contribution is 2.38. The largest absolute Gasteiger partial charge is 0.383 e. The predicted molar refractivity (Wildman–Crippen MR) is 136 cm³/mol. The molecule has 1 aliphatic carbocycles. The van der Waals surface area contributed by atoms with E-state index in [2.05, 4.69) is 34.3 Å². The Balaban J connectivity index is 1.41. The first-order valence-electron chi connectivity index (χ1n) is 12.5. The summed E-state index contributed by atoms with van der Waals surface area (Å²) in [7, 11) is 3.73. The number of pyridine rings is 1. The van der Waals surface area contributed by atoms with Crippen molar-refractivity contribution in [3.63, 3.8) is 0 Å². The second-order valence-electron chi connectivity index (χ2n) is 9.88. The molecule has 1 saturated carbocycles. The average molecular weight is 473 g/mol. The number of carbonyl (C=O) groups is 1. The van der Waals surface area contributed by atoms with Gasteiger partial charge in [-0.05, 0) is 61.6 Å². The molecule has 2 N–H and O–H groups in total. The topological polar surface area (TPSA) is 91.2 Å². The van der Waals surface area contributed by atoms with Crippen LogP contribution in [0, 0.1) is 5.92 Å². The first-order valence-corrected chi connectivity index (χ1v) is 12.5. The lowest BCUT2D eigenvalue weighted by Gasteiger charge is -2.27. The molecule has 182 valence electrons. The molecule has 1 amide bonds. The number of piperidine rings is 1. The molecule has 1 aliphatic heterocycles. The average Bonchev–Trinajstić information content (AvgIpc) is 3.61. The van der Waals surface area contributed by atoms with Crippen molar-refractivity contribution < 1.29 is 9.53 Å². The molecule has 2 aliphatic rings. The summed E-state index contributed by atoms with van der Waals surface area (Å²) in [6.45, 7) is 4.14. The molecule has 3 aromatic heterocycles. The van der Waals surface area contributed by atoms with E-state index < -0.39 is 0 Å². The molecule has 0 spiro atoms. The number of aryl methyl sites for hydroxylation is 2. The summed E-state index contributed by atoms with van der Waals surface area (Å²) < 4.78 is 9.67. The fourth-order valence-corrected chi connectivity index (χ4v) is 5.97. The first kappa shape index (κ1) is 22.2. The molecule has 1 saturated heterocycles. The van der Waals surface area contributed by atoms with Crippen molar-refractivity contribution in [3.05, 3.63) is 47.7 Å². The van der Waals surface area contributed by atoms with Crippen LogP contribution < -0.4 is 5.73 Å². The van der Waals surface area contributed by atoms with E-state index in [0.717, 1.165) is 65.1 Å². The van der Waals surface area contributed by atoms with E-state index in [1.165, 1.54) is 0 Å². The van der Waals surface area contributed by atoms with Gasteiger partial charge in [-0.2, -0.15) is 0 Å². The maximum Gasteiger partial charge on any atom is 0.254 e. The molecule has 4 aromatic rings. The van der Waals surface area contributed by atoms with Crippen LogP contribution in [-0.2, 0) is 24.8 Å². The minimum absolute atomic E-state index is 0.0623. The lowest BCUT2D eigenvalue weighted by atomic mass is 10.1. The van der Waals surface area contributed by atoms with Gasteiger partial charge in [-0.3, -0.25) is 4.79 Å². The van der Waals surface area contributed by atoms with Crippen molar-refractivity contribution in [3.8, 4) is 11.5 Å². The Hall–Kier alpha value is -3.23. The smallest absolute Gasteiger partial charge is 0.254 e. The summed E-state index contributed by atoms with van der Waals surface area (Å²) in [6.07, 6.45) is 3.02. The van der Waals surface area contributed by atoms with Crippen LogP contribution in [-0.4, -0.2) is 62.3 Å². The number of rotatable bonds is 6. The van der Waals surface area contributed by atoms with Gasteiger partial charge in [-0.25, -0.2) is 9.97 Å². The number of hydrogen-bond donors (Lipinski definition) is 1. The fourth-order valence-electron chi connectivity index (χ4n) is 5.97. The van der Waals surface area contributed by atoms with E-state index in [-0.39, 0.29) is 18.0 Å². The van der Waals surface area contributed by atoms with Crippen molar-refractivity contribution >= 4 is 28.0 Å². The zero-order valence-corrected chi connectivity index (χ0v) is 20.6. The van der Waals surface area contributed by atoms with Crippen LogP contribution in [0.1, 0.15) is 35.8 Å². The number of fused-ring (bicyclic) bond motifs is 4. The van der Waals surface area contributed by atoms with Crippen LogP contribution in [0.4, 0.5) is 0 Å². The summed E-state index contributed by atoms with van der Waals surface area (Å²) >= 11 is 0. The molecule has 2 bridgehead atoms. The predicted octanol–water partition coefficient (Wildman–Crippen LogP) is 3.36. The summed E-state index contributed by atoms with van der Waals surface area (Å²) in [4.78, 5) is 25.2. The van der Waals surface area contributed by atoms with E-state index in [1.54, 1.807) is 7.11 Å². The maximum atomic E-state index is 13.3. The van der Waals surface area contributed by atoms with Crippen molar-refractivity contribution in [2.24, 2.45) is 18.7 Å². The number of aromatic nitrogens is 4. The molecule has 0 radical (unpaired) electrons. The number of likely N-dealkylation sites (tertiary alicyclic amines) is 1. The number of ether oxygens (including phenoxy) is 1. The number of methoxy groups -OCH3 is 1. The van der Waals surface area contributed by atoms with E-state index in [4.69, 9.17) is 20.4 Å². The van der Waals surface area contributed by atoms with E-state index in [1.807, 2.05) is 30.1 Å². The minimum Gasteiger partial charge on any atom is -0.383 e. The molecular formula is C27H32N6O2. The van der Waals surface area contributed by atoms with Gasteiger partial charge in [-0.15, -0.1) is 0 Å². The second-order valence-corrected chi connectivity index (χ2v) is 9.88. The highest BCUT2D eigenvalue weighted by Gasteiger charge is 2.46. The number of nitrogens with zero attached hydrogens (tertiary/aromatic N) is 5. The zero-order chi connectivity index (χ0) is 24.3. The number of imidazole rings is 1. The van der Waals surface area contributed by atoms with Crippen LogP contribution in [0.5, 0.6) is 0 Å². The Morgan fingerprint density at radius 1 is 1.17 bits per heavy atom. The number of amides is 1. The SMILES string of the molecule is CCc1ccc2cc(-c3nc4cc(C(=O)N5C[C@H]6CC[C@@H]5[C@@H]6N)ccc4n3C)n(CCOC)c2n1. The Labute approximate surface area is 204 Å². The molecule has 8 nitrogen and oxygen atoms in total.